The van der Waals surface area contributed by atoms with E-state index >= 15 is 0 Å². The number of carbonyl (C=O) groups excluding carboxylic acids is 1. The number of hydrogen-bond donors (Lipinski definition) is 1. The number of methoxy groups -OCH3 is 1. The third-order valence-corrected chi connectivity index (χ3v) is 3.96. The number of rotatable bonds is 6. The van der Waals surface area contributed by atoms with Crippen molar-refractivity contribution in [1.29, 1.82) is 0 Å². The molecule has 2 rings (SSSR count). The van der Waals surface area contributed by atoms with Gasteiger partial charge in [-0.25, -0.2) is 0 Å². The number of hydrogen-bond acceptors (Lipinski definition) is 3. The number of nitrogens with one attached hydrogen (secondary N) is 1. The second-order valence-corrected chi connectivity index (χ2v) is 7.12. The molecule has 0 radical (unpaired) electrons. The van der Waals surface area contributed by atoms with Gasteiger partial charge in [0.15, 0.2) is 0 Å². The van der Waals surface area contributed by atoms with Crippen LogP contribution in [0, 0.1) is 6.92 Å². The topological polar surface area (TPSA) is 47.6 Å². The molecule has 0 atom stereocenters. The van der Waals surface area contributed by atoms with E-state index in [2.05, 4.69) is 26.1 Å². The summed E-state index contributed by atoms with van der Waals surface area (Å²) in [6.45, 7) is 8.76. The van der Waals surface area contributed by atoms with Crippen LogP contribution in [0.25, 0.3) is 0 Å². The maximum absolute atomic E-state index is 12.2. The minimum absolute atomic E-state index is 0.000298. The lowest BCUT2D eigenvalue weighted by Crippen LogP contribution is -2.17. The van der Waals surface area contributed by atoms with Crippen molar-refractivity contribution in [3.05, 3.63) is 53.6 Å². The zero-order valence-electron chi connectivity index (χ0n) is 15.7. The Balaban J connectivity index is 1.96. The lowest BCUT2D eigenvalue weighted by molar-refractivity contribution is -0.116. The van der Waals surface area contributed by atoms with E-state index in [9.17, 15) is 4.79 Å². The molecule has 0 aromatic heterocycles. The van der Waals surface area contributed by atoms with Gasteiger partial charge in [0.1, 0.15) is 11.5 Å². The average Bonchev–Trinajstić information content (AvgIpc) is 2.56. The molecule has 2 aromatic carbocycles. The summed E-state index contributed by atoms with van der Waals surface area (Å²) in [6.07, 6.45) is 0.275. The van der Waals surface area contributed by atoms with E-state index in [4.69, 9.17) is 9.47 Å². The molecule has 0 heterocycles. The first-order valence-corrected chi connectivity index (χ1v) is 8.47. The van der Waals surface area contributed by atoms with Gasteiger partial charge in [-0.2, -0.15) is 0 Å². The molecule has 0 saturated carbocycles. The molecule has 4 heteroatoms. The minimum Gasteiger partial charge on any atom is -0.495 e. The Morgan fingerprint density at radius 3 is 2.36 bits per heavy atom. The van der Waals surface area contributed by atoms with Gasteiger partial charge in [-0.15, -0.1) is 0 Å². The summed E-state index contributed by atoms with van der Waals surface area (Å²) in [5.74, 6) is 1.32. The van der Waals surface area contributed by atoms with E-state index in [0.29, 0.717) is 18.0 Å². The van der Waals surface area contributed by atoms with Crippen LogP contribution in [0.2, 0.25) is 0 Å². The Kier molecular flexibility index (Phi) is 6.07. The fraction of sp³-hybridized carbons (Fsp3) is 0.381. The van der Waals surface area contributed by atoms with Crippen molar-refractivity contribution in [2.24, 2.45) is 0 Å². The van der Waals surface area contributed by atoms with Crippen LogP contribution >= 0.6 is 0 Å². The van der Waals surface area contributed by atoms with Gasteiger partial charge in [-0.1, -0.05) is 44.5 Å². The number of amides is 1. The summed E-state index contributed by atoms with van der Waals surface area (Å²) >= 11 is 0. The molecule has 25 heavy (non-hydrogen) atoms. The van der Waals surface area contributed by atoms with Crippen molar-refractivity contribution in [3.8, 4) is 11.5 Å². The number of aryl methyl sites for hydroxylation is 1. The molecule has 0 saturated heterocycles. The van der Waals surface area contributed by atoms with E-state index in [1.165, 1.54) is 5.56 Å². The predicted octanol–water partition coefficient (Wildman–Crippen LogP) is 4.71. The first-order valence-electron chi connectivity index (χ1n) is 8.47. The zero-order valence-corrected chi connectivity index (χ0v) is 15.7. The Morgan fingerprint density at radius 1 is 1.08 bits per heavy atom. The highest BCUT2D eigenvalue weighted by molar-refractivity contribution is 5.92. The Hall–Kier alpha value is -2.49. The van der Waals surface area contributed by atoms with Gasteiger partial charge < -0.3 is 14.8 Å². The van der Waals surface area contributed by atoms with Crippen LogP contribution in [-0.2, 0) is 10.2 Å². The molecular formula is C21H27NO3. The molecule has 4 nitrogen and oxygen atoms in total. The highest BCUT2D eigenvalue weighted by Gasteiger charge is 2.17. The third kappa shape index (κ3) is 5.52. The van der Waals surface area contributed by atoms with E-state index < -0.39 is 0 Å². The Labute approximate surface area is 150 Å². The maximum atomic E-state index is 12.2. The van der Waals surface area contributed by atoms with E-state index in [-0.39, 0.29) is 17.7 Å². The molecule has 0 unspecified atom stereocenters. The Bertz CT molecular complexity index is 715. The number of benzene rings is 2. The molecule has 0 aliphatic carbocycles. The van der Waals surface area contributed by atoms with Crippen LogP contribution in [0.4, 0.5) is 5.69 Å². The standard InChI is InChI=1S/C21H27NO3/c1-15-6-9-17(10-7-15)25-13-12-20(23)22-18-14-16(21(2,3)4)8-11-19(18)24-5/h6-11,14H,12-13H2,1-5H3,(H,22,23). The van der Waals surface area contributed by atoms with Gasteiger partial charge in [0.05, 0.1) is 25.8 Å². The van der Waals surface area contributed by atoms with Crippen molar-refractivity contribution < 1.29 is 14.3 Å². The monoisotopic (exact) mass is 341 g/mol. The quantitative estimate of drug-likeness (QED) is 0.828. The van der Waals surface area contributed by atoms with Crippen molar-refractivity contribution in [1.82, 2.24) is 0 Å². The number of carbonyl (C=O) groups is 1. The first-order chi connectivity index (χ1) is 11.8. The lowest BCUT2D eigenvalue weighted by atomic mass is 9.87. The zero-order chi connectivity index (χ0) is 18.4. The summed E-state index contributed by atoms with van der Waals surface area (Å²) in [5, 5.41) is 2.93. The maximum Gasteiger partial charge on any atom is 0.227 e. The first kappa shape index (κ1) is 18.8. The van der Waals surface area contributed by atoms with Gasteiger partial charge in [-0.3, -0.25) is 4.79 Å². The molecule has 0 aliphatic rings. The molecule has 0 fully saturated rings. The van der Waals surface area contributed by atoms with Crippen LogP contribution in [0.15, 0.2) is 42.5 Å². The van der Waals surface area contributed by atoms with Crippen LogP contribution in [0.1, 0.15) is 38.3 Å². The molecule has 0 aliphatic heterocycles. The van der Waals surface area contributed by atoms with Crippen LogP contribution in [0.5, 0.6) is 11.5 Å². The van der Waals surface area contributed by atoms with Gasteiger partial charge >= 0.3 is 0 Å². The van der Waals surface area contributed by atoms with Crippen LogP contribution in [0.3, 0.4) is 0 Å². The summed E-state index contributed by atoms with van der Waals surface area (Å²) in [4.78, 5) is 12.2. The minimum atomic E-state index is -0.100. The smallest absolute Gasteiger partial charge is 0.227 e. The molecule has 0 spiro atoms. The average molecular weight is 341 g/mol. The second-order valence-electron chi connectivity index (χ2n) is 7.12. The van der Waals surface area contributed by atoms with Crippen LogP contribution < -0.4 is 14.8 Å². The predicted molar refractivity (Wildman–Crippen MR) is 102 cm³/mol. The third-order valence-electron chi connectivity index (χ3n) is 3.96. The molecule has 1 N–H and O–H groups in total. The SMILES string of the molecule is COc1ccc(C(C)(C)C)cc1NC(=O)CCOc1ccc(C)cc1. The molecule has 134 valence electrons. The van der Waals surface area contributed by atoms with E-state index in [1.54, 1.807) is 7.11 Å². The lowest BCUT2D eigenvalue weighted by Gasteiger charge is -2.21. The van der Waals surface area contributed by atoms with Crippen molar-refractivity contribution in [3.63, 3.8) is 0 Å². The van der Waals surface area contributed by atoms with Crippen molar-refractivity contribution in [2.75, 3.05) is 19.0 Å². The van der Waals surface area contributed by atoms with Crippen molar-refractivity contribution in [2.45, 2.75) is 39.5 Å². The van der Waals surface area contributed by atoms with Gasteiger partial charge in [0.25, 0.3) is 0 Å². The summed E-state index contributed by atoms with van der Waals surface area (Å²) in [5.41, 5.74) is 3.01. The highest BCUT2D eigenvalue weighted by Crippen LogP contribution is 2.31. The molecule has 0 bridgehead atoms. The Morgan fingerprint density at radius 2 is 1.76 bits per heavy atom. The van der Waals surface area contributed by atoms with E-state index in [1.807, 2.05) is 49.4 Å². The molecule has 1 amide bonds. The second kappa shape index (κ2) is 8.06. The van der Waals surface area contributed by atoms with E-state index in [0.717, 1.165) is 11.3 Å². The van der Waals surface area contributed by atoms with Gasteiger partial charge in [-0.05, 0) is 42.2 Å². The summed E-state index contributed by atoms with van der Waals surface area (Å²) in [7, 11) is 1.60. The summed E-state index contributed by atoms with van der Waals surface area (Å²) < 4.78 is 11.0. The normalized spacial score (nSPS) is 11.1. The molecule has 2 aromatic rings. The van der Waals surface area contributed by atoms with Crippen molar-refractivity contribution >= 4 is 11.6 Å². The largest absolute Gasteiger partial charge is 0.495 e. The fourth-order valence-corrected chi connectivity index (χ4v) is 2.38. The molecular weight excluding hydrogens is 314 g/mol. The number of ether oxygens (including phenoxy) is 2. The number of anilines is 1. The van der Waals surface area contributed by atoms with Crippen LogP contribution in [-0.4, -0.2) is 19.6 Å². The highest BCUT2D eigenvalue weighted by atomic mass is 16.5. The fourth-order valence-electron chi connectivity index (χ4n) is 2.38. The van der Waals surface area contributed by atoms with Gasteiger partial charge in [0.2, 0.25) is 5.91 Å². The summed E-state index contributed by atoms with van der Waals surface area (Å²) in [6, 6.07) is 13.7. The van der Waals surface area contributed by atoms with Gasteiger partial charge in [0, 0.05) is 0 Å².